The van der Waals surface area contributed by atoms with Gasteiger partial charge in [-0.15, -0.1) is 0 Å². The summed E-state index contributed by atoms with van der Waals surface area (Å²) >= 11 is 0. The van der Waals surface area contributed by atoms with Gasteiger partial charge in [0.1, 0.15) is 0 Å². The summed E-state index contributed by atoms with van der Waals surface area (Å²) in [4.78, 5) is 7.62. The second-order valence-corrected chi connectivity index (χ2v) is 24.4. The van der Waals surface area contributed by atoms with Crippen LogP contribution in [0.1, 0.15) is 26.3 Å². The molecule has 2 aliphatic heterocycles. The number of rotatable bonds is 7. The van der Waals surface area contributed by atoms with Crippen molar-refractivity contribution in [2.24, 2.45) is 0 Å². The van der Waals surface area contributed by atoms with Crippen molar-refractivity contribution in [1.82, 2.24) is 0 Å². The summed E-state index contributed by atoms with van der Waals surface area (Å²) in [6, 6.07) is 112. The van der Waals surface area contributed by atoms with E-state index < -0.39 is 0 Å². The molecule has 0 unspecified atom stereocenters. The maximum absolute atomic E-state index is 2.61. The fourth-order valence-electron chi connectivity index (χ4n) is 14.5. The number of benzene rings is 15. The Morgan fingerprint density at radius 3 is 1.15 bits per heavy atom. The lowest BCUT2D eigenvalue weighted by Gasteiger charge is -2.45. The van der Waals surface area contributed by atoms with Crippen LogP contribution >= 0.6 is 0 Å². The highest BCUT2D eigenvalue weighted by atomic mass is 15.2. The number of nitrogens with zero attached hydrogens (tertiary/aromatic N) is 3. The van der Waals surface area contributed by atoms with E-state index in [4.69, 9.17) is 0 Å². The van der Waals surface area contributed by atoms with Gasteiger partial charge < -0.3 is 14.7 Å². The van der Waals surface area contributed by atoms with Gasteiger partial charge in [0.05, 0.1) is 0 Å². The Morgan fingerprint density at radius 1 is 0.267 bits per heavy atom. The zero-order chi connectivity index (χ0) is 57.2. The van der Waals surface area contributed by atoms with Crippen LogP contribution in [0.5, 0.6) is 0 Å². The number of fused-ring (bicyclic) bond motifs is 16. The maximum atomic E-state index is 2.61. The molecule has 17 rings (SSSR count). The summed E-state index contributed by atoms with van der Waals surface area (Å²) in [5.74, 6) is 0. The fourth-order valence-corrected chi connectivity index (χ4v) is 14.5. The van der Waals surface area contributed by atoms with Crippen molar-refractivity contribution >= 4 is 139 Å². The van der Waals surface area contributed by atoms with Crippen molar-refractivity contribution < 1.29 is 0 Å². The summed E-state index contributed by atoms with van der Waals surface area (Å²) in [6.07, 6.45) is 0. The second kappa shape index (κ2) is 19.5. The Kier molecular flexibility index (Phi) is 11.3. The minimum absolute atomic E-state index is 0.00449. The van der Waals surface area contributed by atoms with Crippen LogP contribution < -0.4 is 31.1 Å². The summed E-state index contributed by atoms with van der Waals surface area (Å²) in [5, 5.41) is 15.0. The van der Waals surface area contributed by atoms with Crippen LogP contribution in [0.4, 0.5) is 51.2 Å². The molecule has 0 aliphatic carbocycles. The van der Waals surface area contributed by atoms with Crippen LogP contribution in [0.3, 0.4) is 0 Å². The molecule has 2 heterocycles. The Balaban J connectivity index is 1.00. The van der Waals surface area contributed by atoms with Gasteiger partial charge in [0.2, 0.25) is 0 Å². The minimum Gasteiger partial charge on any atom is -0.311 e. The summed E-state index contributed by atoms with van der Waals surface area (Å²) < 4.78 is 0. The largest absolute Gasteiger partial charge is 0.311 e. The molecule has 2 aliphatic rings. The average molecular weight is 1100 g/mol. The third-order valence-electron chi connectivity index (χ3n) is 18.5. The zero-order valence-corrected chi connectivity index (χ0v) is 48.2. The van der Waals surface area contributed by atoms with Gasteiger partial charge in [0.25, 0.3) is 6.71 Å². The SMILES string of the molecule is CC(C)(C)c1ccc(-c2cc3c4c(c2)N(c2ccc5c6ccccc6c6ccccc6c5c2)c2cc(N(c5ccccc5)c5ccccc5)ccc2B4c2cc(-c4ccccc4)ccc2N3c2ccc3c4ccccc4c4ccccc4c3c2)cc1. The molecule has 0 N–H and O–H groups in total. The monoisotopic (exact) mass is 1100 g/mol. The first-order valence-corrected chi connectivity index (χ1v) is 30.1. The molecular weight excluding hydrogens is 1040 g/mol. The van der Waals surface area contributed by atoms with E-state index in [1.807, 2.05) is 0 Å². The van der Waals surface area contributed by atoms with E-state index in [0.717, 1.165) is 45.4 Å². The predicted octanol–water partition coefficient (Wildman–Crippen LogP) is 20.8. The number of para-hydroxylation sites is 2. The molecule has 0 saturated heterocycles. The van der Waals surface area contributed by atoms with E-state index >= 15 is 0 Å². The summed E-state index contributed by atoms with van der Waals surface area (Å²) in [6.45, 7) is 6.75. The minimum atomic E-state index is -0.148. The first-order chi connectivity index (χ1) is 42.3. The molecule has 0 spiro atoms. The molecule has 0 fully saturated rings. The maximum Gasteiger partial charge on any atom is 0.252 e. The van der Waals surface area contributed by atoms with Gasteiger partial charge >= 0.3 is 0 Å². The lowest BCUT2D eigenvalue weighted by Crippen LogP contribution is -2.61. The van der Waals surface area contributed by atoms with Gasteiger partial charge in [-0.05, 0) is 193 Å². The van der Waals surface area contributed by atoms with Gasteiger partial charge in [0, 0.05) is 51.2 Å². The molecule has 15 aromatic carbocycles. The zero-order valence-electron chi connectivity index (χ0n) is 48.2. The number of hydrogen-bond acceptors (Lipinski definition) is 3. The van der Waals surface area contributed by atoms with Crippen molar-refractivity contribution in [1.29, 1.82) is 0 Å². The number of hydrogen-bond donors (Lipinski definition) is 0. The van der Waals surface area contributed by atoms with Gasteiger partial charge in [0.15, 0.2) is 0 Å². The highest BCUT2D eigenvalue weighted by molar-refractivity contribution is 7.00. The molecular formula is C82H58BN3. The van der Waals surface area contributed by atoms with Crippen molar-refractivity contribution in [3.05, 3.63) is 303 Å². The number of anilines is 9. The van der Waals surface area contributed by atoms with Crippen LogP contribution in [-0.2, 0) is 5.41 Å². The quantitative estimate of drug-likeness (QED) is 0.116. The first-order valence-electron chi connectivity index (χ1n) is 30.1. The smallest absolute Gasteiger partial charge is 0.252 e. The fraction of sp³-hybridized carbons (Fsp3) is 0.0488. The molecule has 404 valence electrons. The molecule has 0 atom stereocenters. The van der Waals surface area contributed by atoms with E-state index in [1.54, 1.807) is 0 Å². The van der Waals surface area contributed by atoms with Gasteiger partial charge in [-0.1, -0.05) is 239 Å². The van der Waals surface area contributed by atoms with E-state index in [1.165, 1.54) is 115 Å². The molecule has 0 radical (unpaired) electrons. The van der Waals surface area contributed by atoms with Crippen molar-refractivity contribution in [3.8, 4) is 22.3 Å². The topological polar surface area (TPSA) is 9.72 Å². The molecule has 0 saturated carbocycles. The van der Waals surface area contributed by atoms with Crippen LogP contribution in [0, 0.1) is 0 Å². The Morgan fingerprint density at radius 2 is 0.674 bits per heavy atom. The van der Waals surface area contributed by atoms with Crippen molar-refractivity contribution in [2.45, 2.75) is 26.2 Å². The molecule has 15 aromatic rings. The van der Waals surface area contributed by atoms with E-state index in [2.05, 4.69) is 333 Å². The second-order valence-electron chi connectivity index (χ2n) is 24.4. The van der Waals surface area contributed by atoms with Crippen molar-refractivity contribution in [2.75, 3.05) is 14.7 Å². The van der Waals surface area contributed by atoms with Crippen LogP contribution in [0.25, 0.3) is 86.9 Å². The lowest BCUT2D eigenvalue weighted by molar-refractivity contribution is 0.590. The van der Waals surface area contributed by atoms with E-state index in [-0.39, 0.29) is 12.1 Å². The third kappa shape index (κ3) is 7.83. The van der Waals surface area contributed by atoms with Crippen LogP contribution in [-0.4, -0.2) is 6.71 Å². The highest BCUT2D eigenvalue weighted by Gasteiger charge is 2.44. The molecule has 4 heteroatoms. The molecule has 0 aromatic heterocycles. The molecule has 0 amide bonds. The Labute approximate surface area is 502 Å². The standard InChI is InChI=1S/C82H58BN3/c1-82(2,3)57-38-35-54(36-39-57)56-48-79-81-80(49-56)86(61-41-44-72-68-32-16-14-28-64(68)66-30-18-20-34-70(66)74(72)51-61)78-52-62(84(58-23-9-5-10-24-58)59-25-11-6-12-26-59)42-45-75(78)83(81)76-47-55(53-21-7-4-8-22-53)37-46-77(76)85(79)60-40-43-71-67-31-15-13-27-63(67)65-29-17-19-33-69(65)73(71)50-60/h4-52H,1-3H3. The summed E-state index contributed by atoms with van der Waals surface area (Å²) in [7, 11) is 0. The van der Waals surface area contributed by atoms with Gasteiger partial charge in [-0.25, -0.2) is 0 Å². The van der Waals surface area contributed by atoms with Gasteiger partial charge in [-0.2, -0.15) is 0 Å². The summed E-state index contributed by atoms with van der Waals surface area (Å²) in [5.41, 5.74) is 19.9. The van der Waals surface area contributed by atoms with Crippen LogP contribution in [0.15, 0.2) is 297 Å². The predicted molar refractivity (Wildman–Crippen MR) is 370 cm³/mol. The Hall–Kier alpha value is -10.7. The van der Waals surface area contributed by atoms with Gasteiger partial charge in [-0.3, -0.25) is 0 Å². The van der Waals surface area contributed by atoms with Crippen LogP contribution in [0.2, 0.25) is 0 Å². The molecule has 0 bridgehead atoms. The van der Waals surface area contributed by atoms with Crippen molar-refractivity contribution in [3.63, 3.8) is 0 Å². The van der Waals surface area contributed by atoms with E-state index in [0.29, 0.717) is 0 Å². The Bertz CT molecular complexity index is 5120. The first kappa shape index (κ1) is 49.9. The molecule has 3 nitrogen and oxygen atoms in total. The van der Waals surface area contributed by atoms with E-state index in [9.17, 15) is 0 Å². The highest BCUT2D eigenvalue weighted by Crippen LogP contribution is 2.50. The molecule has 86 heavy (non-hydrogen) atoms. The third-order valence-corrected chi connectivity index (χ3v) is 18.5. The lowest BCUT2D eigenvalue weighted by atomic mass is 9.33. The normalized spacial score (nSPS) is 12.8. The average Bonchev–Trinajstić information content (AvgIpc) is 0.806.